The van der Waals surface area contributed by atoms with Crippen LogP contribution in [0.4, 0.5) is 17.1 Å². The highest BCUT2D eigenvalue weighted by molar-refractivity contribution is 7.00. The van der Waals surface area contributed by atoms with Crippen LogP contribution < -0.4 is 4.90 Å². The molecule has 1 heterocycles. The summed E-state index contributed by atoms with van der Waals surface area (Å²) >= 11 is 1.26. The van der Waals surface area contributed by atoms with E-state index in [4.69, 9.17) is 0 Å². The van der Waals surface area contributed by atoms with E-state index in [1.165, 1.54) is 22.9 Å². The van der Waals surface area contributed by atoms with Crippen LogP contribution >= 0.6 is 11.7 Å². The molecule has 0 bridgehead atoms. The molecule has 0 amide bonds. The molecule has 1 aromatic heterocycles. The third-order valence-corrected chi connectivity index (χ3v) is 5.85. The summed E-state index contributed by atoms with van der Waals surface area (Å²) in [6, 6.07) is 32.1. The molecule has 4 aromatic carbocycles. The van der Waals surface area contributed by atoms with Gasteiger partial charge in [-0.15, -0.1) is 0 Å². The first-order chi connectivity index (χ1) is 14.7. The molecule has 0 radical (unpaired) electrons. The molecule has 0 aliphatic heterocycles. The van der Waals surface area contributed by atoms with Gasteiger partial charge in [-0.3, -0.25) is 0 Å². The number of aryl methyl sites for hydroxylation is 2. The predicted molar refractivity (Wildman–Crippen MR) is 127 cm³/mol. The van der Waals surface area contributed by atoms with E-state index in [2.05, 4.69) is 106 Å². The van der Waals surface area contributed by atoms with Crippen LogP contribution in [0.3, 0.4) is 0 Å². The van der Waals surface area contributed by atoms with Gasteiger partial charge in [0.05, 0.1) is 11.7 Å². The van der Waals surface area contributed by atoms with Crippen LogP contribution in [0.1, 0.15) is 11.1 Å². The molecule has 4 heteroatoms. The molecule has 0 atom stereocenters. The smallest absolute Gasteiger partial charge is 0.112 e. The summed E-state index contributed by atoms with van der Waals surface area (Å²) in [5.74, 6) is 0. The average Bonchev–Trinajstić information content (AvgIpc) is 3.26. The normalized spacial score (nSPS) is 11.0. The van der Waals surface area contributed by atoms with Gasteiger partial charge in [-0.2, -0.15) is 8.75 Å². The zero-order valence-corrected chi connectivity index (χ0v) is 17.7. The minimum absolute atomic E-state index is 0.947. The summed E-state index contributed by atoms with van der Waals surface area (Å²) in [7, 11) is 0. The van der Waals surface area contributed by atoms with Gasteiger partial charge < -0.3 is 4.90 Å². The van der Waals surface area contributed by atoms with E-state index in [1.54, 1.807) is 0 Å². The molecule has 0 N–H and O–H groups in total. The van der Waals surface area contributed by atoms with Gasteiger partial charge in [-0.05, 0) is 61.9 Å². The number of benzene rings is 4. The van der Waals surface area contributed by atoms with Crippen molar-refractivity contribution in [2.45, 2.75) is 13.8 Å². The van der Waals surface area contributed by atoms with Crippen molar-refractivity contribution in [3.05, 3.63) is 102 Å². The first-order valence-corrected chi connectivity index (χ1v) is 10.7. The van der Waals surface area contributed by atoms with Gasteiger partial charge >= 0.3 is 0 Å². The quantitative estimate of drug-likeness (QED) is 0.310. The summed E-state index contributed by atoms with van der Waals surface area (Å²) in [4.78, 5) is 2.29. The van der Waals surface area contributed by atoms with E-state index in [-0.39, 0.29) is 0 Å². The van der Waals surface area contributed by atoms with E-state index in [9.17, 15) is 0 Å². The summed E-state index contributed by atoms with van der Waals surface area (Å²) in [5.41, 5.74) is 10.1. The fraction of sp³-hybridized carbons (Fsp3) is 0.0769. The summed E-state index contributed by atoms with van der Waals surface area (Å²) < 4.78 is 8.85. The molecule has 146 valence electrons. The molecule has 0 spiro atoms. The van der Waals surface area contributed by atoms with Crippen molar-refractivity contribution in [1.82, 2.24) is 8.75 Å². The van der Waals surface area contributed by atoms with Crippen molar-refractivity contribution < 1.29 is 0 Å². The highest BCUT2D eigenvalue weighted by Crippen LogP contribution is 2.36. The van der Waals surface area contributed by atoms with Gasteiger partial charge in [0.1, 0.15) is 11.0 Å². The molecule has 0 saturated heterocycles. The predicted octanol–water partition coefficient (Wildman–Crippen LogP) is 7.44. The molecule has 0 saturated carbocycles. The largest absolute Gasteiger partial charge is 0.311 e. The van der Waals surface area contributed by atoms with Crippen LogP contribution in [-0.4, -0.2) is 8.75 Å². The van der Waals surface area contributed by atoms with E-state index < -0.39 is 0 Å². The maximum absolute atomic E-state index is 4.48. The number of fused-ring (bicyclic) bond motifs is 1. The zero-order valence-electron chi connectivity index (χ0n) is 16.9. The molecule has 5 rings (SSSR count). The van der Waals surface area contributed by atoms with E-state index in [0.717, 1.165) is 39.2 Å². The molecule has 0 aliphatic carbocycles. The van der Waals surface area contributed by atoms with Crippen molar-refractivity contribution in [3.8, 4) is 11.1 Å². The maximum Gasteiger partial charge on any atom is 0.112 e. The molecule has 3 nitrogen and oxygen atoms in total. The average molecular weight is 408 g/mol. The Kier molecular flexibility index (Phi) is 4.77. The Morgan fingerprint density at radius 3 is 1.70 bits per heavy atom. The van der Waals surface area contributed by atoms with Crippen molar-refractivity contribution >= 4 is 39.8 Å². The number of aromatic nitrogens is 2. The second-order valence-electron chi connectivity index (χ2n) is 7.49. The fourth-order valence-electron chi connectivity index (χ4n) is 3.66. The SMILES string of the molecule is Cc1ccc(N(c2ccc(C)cc2)c2ccc(-c3cccc4nsnc34)cc2)cc1. The molecule has 0 fully saturated rings. The lowest BCUT2D eigenvalue weighted by Gasteiger charge is -2.26. The van der Waals surface area contributed by atoms with Gasteiger partial charge in [0.2, 0.25) is 0 Å². The van der Waals surface area contributed by atoms with Gasteiger partial charge in [0.15, 0.2) is 0 Å². The monoisotopic (exact) mass is 407 g/mol. The summed E-state index contributed by atoms with van der Waals surface area (Å²) in [5, 5.41) is 0. The van der Waals surface area contributed by atoms with Crippen LogP contribution in [0.25, 0.3) is 22.2 Å². The zero-order chi connectivity index (χ0) is 20.5. The number of anilines is 3. The molecular formula is C26H21N3S. The molecule has 30 heavy (non-hydrogen) atoms. The highest BCUT2D eigenvalue weighted by atomic mass is 32.1. The molecular weight excluding hydrogens is 386 g/mol. The third-order valence-electron chi connectivity index (χ3n) is 5.31. The lowest BCUT2D eigenvalue weighted by atomic mass is 10.0. The van der Waals surface area contributed by atoms with Crippen LogP contribution in [0, 0.1) is 13.8 Å². The minimum Gasteiger partial charge on any atom is -0.311 e. The Labute approximate surface area is 180 Å². The van der Waals surface area contributed by atoms with Crippen LogP contribution in [0.2, 0.25) is 0 Å². The minimum atomic E-state index is 0.947. The van der Waals surface area contributed by atoms with Crippen LogP contribution in [-0.2, 0) is 0 Å². The Hall–Kier alpha value is -3.50. The first-order valence-electron chi connectivity index (χ1n) is 9.94. The van der Waals surface area contributed by atoms with Crippen molar-refractivity contribution in [3.63, 3.8) is 0 Å². The van der Waals surface area contributed by atoms with Crippen molar-refractivity contribution in [2.24, 2.45) is 0 Å². The second kappa shape index (κ2) is 7.73. The summed E-state index contributed by atoms with van der Waals surface area (Å²) in [6.45, 7) is 4.23. The molecule has 5 aromatic rings. The number of nitrogens with zero attached hydrogens (tertiary/aromatic N) is 3. The highest BCUT2D eigenvalue weighted by Gasteiger charge is 2.13. The van der Waals surface area contributed by atoms with E-state index in [0.29, 0.717) is 0 Å². The first kappa shape index (κ1) is 18.5. The van der Waals surface area contributed by atoms with Crippen molar-refractivity contribution in [1.29, 1.82) is 0 Å². The lowest BCUT2D eigenvalue weighted by Crippen LogP contribution is -2.09. The molecule has 0 unspecified atom stereocenters. The Bertz CT molecular complexity index is 1240. The van der Waals surface area contributed by atoms with Gasteiger partial charge in [-0.1, -0.05) is 59.7 Å². The van der Waals surface area contributed by atoms with E-state index >= 15 is 0 Å². The van der Waals surface area contributed by atoms with Crippen LogP contribution in [0.5, 0.6) is 0 Å². The third kappa shape index (κ3) is 3.46. The second-order valence-corrected chi connectivity index (χ2v) is 8.02. The van der Waals surface area contributed by atoms with Gasteiger partial charge in [-0.25, -0.2) is 0 Å². The lowest BCUT2D eigenvalue weighted by molar-refractivity contribution is 1.27. The molecule has 0 aliphatic rings. The Morgan fingerprint density at radius 2 is 1.13 bits per heavy atom. The Morgan fingerprint density at radius 1 is 0.600 bits per heavy atom. The Balaban J connectivity index is 1.58. The number of rotatable bonds is 4. The van der Waals surface area contributed by atoms with Gasteiger partial charge in [0, 0.05) is 22.6 Å². The van der Waals surface area contributed by atoms with Gasteiger partial charge in [0.25, 0.3) is 0 Å². The number of hydrogen-bond acceptors (Lipinski definition) is 4. The fourth-order valence-corrected chi connectivity index (χ4v) is 4.21. The van der Waals surface area contributed by atoms with Crippen LogP contribution in [0.15, 0.2) is 91.0 Å². The summed E-state index contributed by atoms with van der Waals surface area (Å²) in [6.07, 6.45) is 0. The van der Waals surface area contributed by atoms with Crippen molar-refractivity contribution in [2.75, 3.05) is 4.90 Å². The maximum atomic E-state index is 4.48. The topological polar surface area (TPSA) is 29.0 Å². The number of hydrogen-bond donors (Lipinski definition) is 0. The van der Waals surface area contributed by atoms with E-state index in [1.807, 2.05) is 12.1 Å². The standard InChI is InChI=1S/C26H21N3S/c1-18-6-12-21(13-7-18)29(22-14-8-19(2)9-15-22)23-16-10-20(11-17-23)24-4-3-5-25-26(24)28-30-27-25/h3-17H,1-2H3.